The number of anilines is 2. The van der Waals surface area contributed by atoms with Gasteiger partial charge in [-0.1, -0.05) is 12.1 Å². The summed E-state index contributed by atoms with van der Waals surface area (Å²) in [6.07, 6.45) is 4.55. The van der Waals surface area contributed by atoms with Crippen molar-refractivity contribution in [1.82, 2.24) is 14.8 Å². The van der Waals surface area contributed by atoms with Crippen LogP contribution in [-0.2, 0) is 7.05 Å². The van der Waals surface area contributed by atoms with E-state index in [1.807, 2.05) is 12.1 Å². The Morgan fingerprint density at radius 2 is 2.29 bits per heavy atom. The Hall–Kier alpha value is -3.09. The number of oxazole rings is 1. The molecule has 0 spiro atoms. The molecule has 0 aliphatic rings. The van der Waals surface area contributed by atoms with Gasteiger partial charge in [0, 0.05) is 24.5 Å². The third-order valence-electron chi connectivity index (χ3n) is 2.91. The summed E-state index contributed by atoms with van der Waals surface area (Å²) in [5.74, 6) is 0.270. The monoisotopic (exact) mass is 283 g/mol. The molecule has 0 saturated heterocycles. The lowest BCUT2D eigenvalue weighted by Gasteiger charge is -2.05. The molecule has 0 radical (unpaired) electrons. The molecule has 7 nitrogen and oxygen atoms in total. The summed E-state index contributed by atoms with van der Waals surface area (Å²) in [7, 11) is 1.71. The van der Waals surface area contributed by atoms with Crippen molar-refractivity contribution in [3.05, 3.63) is 48.7 Å². The van der Waals surface area contributed by atoms with E-state index in [2.05, 4.69) is 15.4 Å². The van der Waals surface area contributed by atoms with Crippen LogP contribution in [0.2, 0.25) is 0 Å². The van der Waals surface area contributed by atoms with Gasteiger partial charge in [-0.15, -0.1) is 0 Å². The molecule has 21 heavy (non-hydrogen) atoms. The van der Waals surface area contributed by atoms with Gasteiger partial charge in [0.1, 0.15) is 0 Å². The van der Waals surface area contributed by atoms with E-state index in [9.17, 15) is 4.79 Å². The Morgan fingerprint density at radius 1 is 1.43 bits per heavy atom. The van der Waals surface area contributed by atoms with Crippen LogP contribution in [0.15, 0.2) is 47.5 Å². The highest BCUT2D eigenvalue weighted by Crippen LogP contribution is 2.22. The van der Waals surface area contributed by atoms with Gasteiger partial charge in [0.2, 0.25) is 0 Å². The number of hydrogen-bond acceptors (Lipinski definition) is 5. The van der Waals surface area contributed by atoms with Gasteiger partial charge in [0.25, 0.3) is 5.91 Å². The normalized spacial score (nSPS) is 10.5. The maximum atomic E-state index is 12.1. The van der Waals surface area contributed by atoms with Crippen molar-refractivity contribution in [2.45, 2.75) is 0 Å². The predicted octanol–water partition coefficient (Wildman–Crippen LogP) is 1.91. The molecular weight excluding hydrogens is 270 g/mol. The zero-order valence-corrected chi connectivity index (χ0v) is 11.3. The number of nitrogens with two attached hydrogens (primary N) is 1. The van der Waals surface area contributed by atoms with Crippen LogP contribution in [0.5, 0.6) is 0 Å². The van der Waals surface area contributed by atoms with Crippen molar-refractivity contribution in [3.63, 3.8) is 0 Å². The quantitative estimate of drug-likeness (QED) is 0.765. The highest BCUT2D eigenvalue weighted by Gasteiger charge is 2.14. The molecule has 7 heteroatoms. The minimum Gasteiger partial charge on any atom is -0.444 e. The van der Waals surface area contributed by atoms with Crippen molar-refractivity contribution in [2.75, 3.05) is 11.1 Å². The second kappa shape index (κ2) is 5.12. The van der Waals surface area contributed by atoms with E-state index in [1.54, 1.807) is 31.6 Å². The highest BCUT2D eigenvalue weighted by molar-refractivity contribution is 6.06. The topological polar surface area (TPSA) is 99.0 Å². The third-order valence-corrected chi connectivity index (χ3v) is 2.91. The smallest absolute Gasteiger partial charge is 0.278 e. The van der Waals surface area contributed by atoms with Crippen molar-refractivity contribution < 1.29 is 9.21 Å². The molecule has 2 aromatic heterocycles. The molecule has 3 rings (SSSR count). The molecule has 0 atom stereocenters. The van der Waals surface area contributed by atoms with Crippen LogP contribution in [0.4, 0.5) is 11.4 Å². The van der Waals surface area contributed by atoms with E-state index in [-0.39, 0.29) is 11.6 Å². The van der Waals surface area contributed by atoms with E-state index >= 15 is 0 Å². The fourth-order valence-electron chi connectivity index (χ4n) is 1.98. The lowest BCUT2D eigenvalue weighted by atomic mass is 10.1. The number of rotatable bonds is 3. The van der Waals surface area contributed by atoms with Crippen LogP contribution in [0, 0.1) is 0 Å². The van der Waals surface area contributed by atoms with Gasteiger partial charge in [0.05, 0.1) is 11.9 Å². The maximum absolute atomic E-state index is 12.1. The molecule has 1 aromatic carbocycles. The summed E-state index contributed by atoms with van der Waals surface area (Å²) in [5, 5.41) is 6.79. The number of benzene rings is 1. The average molecular weight is 283 g/mol. The van der Waals surface area contributed by atoms with Crippen molar-refractivity contribution in [2.24, 2.45) is 7.05 Å². The Kier molecular flexibility index (Phi) is 3.15. The van der Waals surface area contributed by atoms with Gasteiger partial charge < -0.3 is 15.5 Å². The van der Waals surface area contributed by atoms with Gasteiger partial charge >= 0.3 is 0 Å². The third kappa shape index (κ3) is 2.62. The molecule has 1 amide bonds. The van der Waals surface area contributed by atoms with Crippen LogP contribution >= 0.6 is 0 Å². The van der Waals surface area contributed by atoms with Crippen LogP contribution in [-0.4, -0.2) is 20.7 Å². The standard InChI is InChI=1S/C14H13N5O2/c1-19-7-11(15)13(18-19)14(20)17-10-4-2-3-9(5-10)12-6-16-8-21-12/h2-8H,15H2,1H3,(H,17,20). The van der Waals surface area contributed by atoms with Gasteiger partial charge in [-0.05, 0) is 12.1 Å². The fourth-order valence-corrected chi connectivity index (χ4v) is 1.98. The first-order chi connectivity index (χ1) is 10.1. The molecule has 2 heterocycles. The minimum atomic E-state index is -0.359. The minimum absolute atomic E-state index is 0.197. The molecule has 106 valence electrons. The summed E-state index contributed by atoms with van der Waals surface area (Å²) in [6, 6.07) is 7.25. The Bertz CT molecular complexity index is 777. The van der Waals surface area contributed by atoms with E-state index in [1.165, 1.54) is 11.1 Å². The fraction of sp³-hybridized carbons (Fsp3) is 0.0714. The highest BCUT2D eigenvalue weighted by atomic mass is 16.3. The molecule has 0 saturated carbocycles. The van der Waals surface area contributed by atoms with Crippen LogP contribution in [0.25, 0.3) is 11.3 Å². The number of amides is 1. The summed E-state index contributed by atoms with van der Waals surface area (Å²) >= 11 is 0. The lowest BCUT2D eigenvalue weighted by molar-refractivity contribution is 0.102. The lowest BCUT2D eigenvalue weighted by Crippen LogP contribution is -2.14. The number of aromatic nitrogens is 3. The number of carbonyl (C=O) groups is 1. The molecule has 0 aliphatic carbocycles. The van der Waals surface area contributed by atoms with Gasteiger partial charge in [-0.25, -0.2) is 4.98 Å². The van der Waals surface area contributed by atoms with E-state index in [0.29, 0.717) is 17.1 Å². The second-order valence-electron chi connectivity index (χ2n) is 4.51. The number of nitrogens with zero attached hydrogens (tertiary/aromatic N) is 3. The van der Waals surface area contributed by atoms with Crippen LogP contribution < -0.4 is 11.1 Å². The van der Waals surface area contributed by atoms with E-state index in [0.717, 1.165) is 5.56 Å². The number of hydrogen-bond donors (Lipinski definition) is 2. The molecule has 0 bridgehead atoms. The van der Waals surface area contributed by atoms with Gasteiger partial charge in [0.15, 0.2) is 17.8 Å². The van der Waals surface area contributed by atoms with E-state index < -0.39 is 0 Å². The van der Waals surface area contributed by atoms with Crippen LogP contribution in [0.3, 0.4) is 0 Å². The second-order valence-corrected chi connectivity index (χ2v) is 4.51. The van der Waals surface area contributed by atoms with Crippen molar-refractivity contribution in [3.8, 4) is 11.3 Å². The predicted molar refractivity (Wildman–Crippen MR) is 77.5 cm³/mol. The first-order valence-corrected chi connectivity index (χ1v) is 6.23. The summed E-state index contributed by atoms with van der Waals surface area (Å²) < 4.78 is 6.72. The Balaban J connectivity index is 1.84. The molecule has 3 aromatic rings. The molecule has 0 aliphatic heterocycles. The van der Waals surface area contributed by atoms with E-state index in [4.69, 9.17) is 10.2 Å². The molecular formula is C14H13N5O2. The molecule has 0 unspecified atom stereocenters. The Labute approximate surface area is 120 Å². The molecule has 0 fully saturated rings. The zero-order chi connectivity index (χ0) is 14.8. The van der Waals surface area contributed by atoms with Crippen molar-refractivity contribution >= 4 is 17.3 Å². The number of aryl methyl sites for hydroxylation is 1. The summed E-state index contributed by atoms with van der Waals surface area (Å²) in [6.45, 7) is 0. The first kappa shape index (κ1) is 12.9. The van der Waals surface area contributed by atoms with Crippen molar-refractivity contribution in [1.29, 1.82) is 0 Å². The number of nitrogens with one attached hydrogen (secondary N) is 1. The van der Waals surface area contributed by atoms with Crippen LogP contribution in [0.1, 0.15) is 10.5 Å². The SMILES string of the molecule is Cn1cc(N)c(C(=O)Nc2cccc(-c3cnco3)c2)n1. The first-order valence-electron chi connectivity index (χ1n) is 6.23. The zero-order valence-electron chi connectivity index (χ0n) is 11.3. The van der Waals surface area contributed by atoms with Gasteiger partial charge in [-0.2, -0.15) is 5.10 Å². The number of nitrogen functional groups attached to an aromatic ring is 1. The largest absolute Gasteiger partial charge is 0.444 e. The number of carbonyl (C=O) groups excluding carboxylic acids is 1. The van der Waals surface area contributed by atoms with Gasteiger partial charge in [-0.3, -0.25) is 9.48 Å². The maximum Gasteiger partial charge on any atom is 0.278 e. The summed E-state index contributed by atoms with van der Waals surface area (Å²) in [4.78, 5) is 16.0. The average Bonchev–Trinajstić information content (AvgIpc) is 3.08. The Morgan fingerprint density at radius 3 is 2.95 bits per heavy atom. The molecule has 3 N–H and O–H groups in total. The summed E-state index contributed by atoms with van der Waals surface area (Å²) in [5.41, 5.74) is 7.71.